The molecule has 0 spiro atoms. The van der Waals surface area contributed by atoms with Gasteiger partial charge in [0.1, 0.15) is 0 Å². The van der Waals surface area contributed by atoms with Crippen molar-refractivity contribution in [3.63, 3.8) is 0 Å². The Hall–Kier alpha value is -1.57. The molecule has 2 nitrogen and oxygen atoms in total. The lowest BCUT2D eigenvalue weighted by molar-refractivity contribution is 0.323. The zero-order valence-electron chi connectivity index (χ0n) is 13.3. The number of dihydropyridines is 1. The smallest absolute Gasteiger partial charge is 0.0585 e. The summed E-state index contributed by atoms with van der Waals surface area (Å²) in [4.78, 5) is 7.35. The highest BCUT2D eigenvalue weighted by Crippen LogP contribution is 2.54. The van der Waals surface area contributed by atoms with Gasteiger partial charge < -0.3 is 4.90 Å². The van der Waals surface area contributed by atoms with E-state index in [2.05, 4.69) is 41.1 Å². The molecule has 114 valence electrons. The van der Waals surface area contributed by atoms with Crippen molar-refractivity contribution >= 4 is 6.21 Å². The van der Waals surface area contributed by atoms with Crippen LogP contribution in [0.1, 0.15) is 39.0 Å². The second kappa shape index (κ2) is 4.71. The van der Waals surface area contributed by atoms with Crippen molar-refractivity contribution in [2.45, 2.75) is 45.1 Å². The van der Waals surface area contributed by atoms with E-state index in [0.29, 0.717) is 12.0 Å². The molecule has 1 fully saturated rings. The fraction of sp³-hybridized carbons (Fsp3) is 0.550. The molecule has 4 atom stereocenters. The van der Waals surface area contributed by atoms with Gasteiger partial charge in [-0.3, -0.25) is 4.99 Å². The first-order chi connectivity index (χ1) is 10.8. The monoisotopic (exact) mass is 292 g/mol. The summed E-state index contributed by atoms with van der Waals surface area (Å²) >= 11 is 0. The van der Waals surface area contributed by atoms with E-state index in [4.69, 9.17) is 0 Å². The first-order valence-corrected chi connectivity index (χ1v) is 8.93. The minimum absolute atomic E-state index is 0.577. The van der Waals surface area contributed by atoms with Gasteiger partial charge in [0, 0.05) is 36.0 Å². The summed E-state index contributed by atoms with van der Waals surface area (Å²) in [6, 6.07) is 0.577. The molecule has 5 aliphatic rings. The van der Waals surface area contributed by atoms with E-state index in [1.165, 1.54) is 32.1 Å². The maximum atomic E-state index is 4.59. The highest BCUT2D eigenvalue weighted by atomic mass is 15.2. The summed E-state index contributed by atoms with van der Waals surface area (Å²) in [5.74, 6) is 2.12. The van der Waals surface area contributed by atoms with Crippen LogP contribution in [0.3, 0.4) is 0 Å². The lowest BCUT2D eigenvalue weighted by Crippen LogP contribution is -2.34. The lowest BCUT2D eigenvalue weighted by atomic mass is 9.76. The first-order valence-electron chi connectivity index (χ1n) is 8.93. The Morgan fingerprint density at radius 2 is 2.14 bits per heavy atom. The summed E-state index contributed by atoms with van der Waals surface area (Å²) in [5, 5.41) is 0. The molecule has 5 rings (SSSR count). The molecule has 0 radical (unpaired) electrons. The van der Waals surface area contributed by atoms with Crippen molar-refractivity contribution in [1.29, 1.82) is 0 Å². The van der Waals surface area contributed by atoms with E-state index in [1.54, 1.807) is 22.5 Å². The molecule has 2 aliphatic carbocycles. The van der Waals surface area contributed by atoms with Gasteiger partial charge in [-0.25, -0.2) is 0 Å². The Labute approximate surface area is 133 Å². The molecule has 0 bridgehead atoms. The zero-order chi connectivity index (χ0) is 14.7. The van der Waals surface area contributed by atoms with Crippen molar-refractivity contribution in [2.24, 2.45) is 22.7 Å². The Morgan fingerprint density at radius 3 is 3.09 bits per heavy atom. The molecule has 0 aromatic rings. The zero-order valence-corrected chi connectivity index (χ0v) is 13.3. The predicted molar refractivity (Wildman–Crippen MR) is 90.5 cm³/mol. The number of aliphatic imine (C=N–C) groups is 1. The molecular weight excluding hydrogens is 268 g/mol. The van der Waals surface area contributed by atoms with Crippen molar-refractivity contribution < 1.29 is 0 Å². The SMILES string of the molecule is CC1CC[C@H]2C3=C1CC=C1C=CCCC1N3C1=CC=NC[C@@H]12. The van der Waals surface area contributed by atoms with Gasteiger partial charge in [-0.2, -0.15) is 0 Å². The number of fused-ring (bicyclic) bond motifs is 5. The third-order valence-electron chi connectivity index (χ3n) is 6.41. The van der Waals surface area contributed by atoms with E-state index in [0.717, 1.165) is 18.4 Å². The third kappa shape index (κ3) is 1.64. The van der Waals surface area contributed by atoms with E-state index < -0.39 is 0 Å². The molecule has 0 N–H and O–H groups in total. The molecule has 3 aliphatic heterocycles. The standard InChI is InChI=1S/C20H24N2/c1-13-6-8-16-17-12-21-11-10-19(17)22-18-5-3-2-4-14(18)7-9-15(13)20(16)22/h2,4,7,10-11,13,16-18H,3,5-6,8-9,12H2,1H3/t13?,16-,17-,18?/m1/s1. The summed E-state index contributed by atoms with van der Waals surface area (Å²) in [6.45, 7) is 3.44. The number of nitrogens with zero attached hydrogens (tertiary/aromatic N) is 2. The minimum atomic E-state index is 0.577. The first kappa shape index (κ1) is 12.9. The number of hydrogen-bond donors (Lipinski definition) is 0. The molecule has 3 heterocycles. The van der Waals surface area contributed by atoms with Crippen molar-refractivity contribution in [3.05, 3.63) is 46.8 Å². The van der Waals surface area contributed by atoms with Crippen LogP contribution >= 0.6 is 0 Å². The van der Waals surface area contributed by atoms with Crippen LogP contribution in [-0.2, 0) is 0 Å². The Kier molecular flexibility index (Phi) is 2.77. The van der Waals surface area contributed by atoms with E-state index in [9.17, 15) is 0 Å². The van der Waals surface area contributed by atoms with E-state index in [-0.39, 0.29) is 0 Å². The summed E-state index contributed by atoms with van der Waals surface area (Å²) in [5.41, 5.74) is 6.54. The molecule has 0 aromatic carbocycles. The average Bonchev–Trinajstić information content (AvgIpc) is 2.77. The maximum Gasteiger partial charge on any atom is 0.0585 e. The maximum absolute atomic E-state index is 4.59. The van der Waals surface area contributed by atoms with Crippen molar-refractivity contribution in [3.8, 4) is 0 Å². The molecule has 2 heteroatoms. The third-order valence-corrected chi connectivity index (χ3v) is 6.41. The number of allylic oxidation sites excluding steroid dienone is 5. The van der Waals surface area contributed by atoms with Crippen molar-refractivity contribution in [1.82, 2.24) is 4.90 Å². The van der Waals surface area contributed by atoms with Gasteiger partial charge >= 0.3 is 0 Å². The molecule has 22 heavy (non-hydrogen) atoms. The van der Waals surface area contributed by atoms with Crippen LogP contribution in [0, 0.1) is 17.8 Å². The average molecular weight is 292 g/mol. The largest absolute Gasteiger partial charge is 0.341 e. The minimum Gasteiger partial charge on any atom is -0.341 e. The Balaban J connectivity index is 1.72. The second-order valence-electron chi connectivity index (χ2n) is 7.48. The second-order valence-corrected chi connectivity index (χ2v) is 7.48. The fourth-order valence-corrected chi connectivity index (χ4v) is 5.32. The quantitative estimate of drug-likeness (QED) is 0.652. The van der Waals surface area contributed by atoms with Gasteiger partial charge in [0.15, 0.2) is 0 Å². The predicted octanol–water partition coefficient (Wildman–Crippen LogP) is 4.24. The fourth-order valence-electron chi connectivity index (χ4n) is 5.32. The van der Waals surface area contributed by atoms with Crippen LogP contribution in [0.25, 0.3) is 0 Å². The summed E-state index contributed by atoms with van der Waals surface area (Å²) in [6.07, 6.45) is 18.0. The number of rotatable bonds is 0. The molecule has 0 amide bonds. The van der Waals surface area contributed by atoms with Crippen LogP contribution in [0.4, 0.5) is 0 Å². The normalized spacial score (nSPS) is 38.9. The highest BCUT2D eigenvalue weighted by Gasteiger charge is 2.48. The van der Waals surface area contributed by atoms with Gasteiger partial charge in [0.2, 0.25) is 0 Å². The molecule has 0 aromatic heterocycles. The van der Waals surface area contributed by atoms with E-state index >= 15 is 0 Å². The van der Waals surface area contributed by atoms with Crippen LogP contribution in [0.2, 0.25) is 0 Å². The Bertz CT molecular complexity index is 661. The van der Waals surface area contributed by atoms with E-state index in [1.807, 2.05) is 6.21 Å². The molecule has 0 saturated carbocycles. The van der Waals surface area contributed by atoms with Gasteiger partial charge in [-0.1, -0.05) is 25.2 Å². The van der Waals surface area contributed by atoms with Crippen LogP contribution < -0.4 is 0 Å². The lowest BCUT2D eigenvalue weighted by Gasteiger charge is -2.37. The van der Waals surface area contributed by atoms with Crippen molar-refractivity contribution in [2.75, 3.05) is 6.54 Å². The van der Waals surface area contributed by atoms with Gasteiger partial charge in [-0.15, -0.1) is 0 Å². The molecule has 1 saturated heterocycles. The summed E-state index contributed by atoms with van der Waals surface area (Å²) in [7, 11) is 0. The Morgan fingerprint density at radius 1 is 1.18 bits per heavy atom. The van der Waals surface area contributed by atoms with Gasteiger partial charge in [0.05, 0.1) is 6.04 Å². The van der Waals surface area contributed by atoms with Gasteiger partial charge in [0.25, 0.3) is 0 Å². The molecule has 2 unspecified atom stereocenters. The van der Waals surface area contributed by atoms with Crippen LogP contribution in [-0.4, -0.2) is 23.7 Å². The topological polar surface area (TPSA) is 15.6 Å². The van der Waals surface area contributed by atoms with Crippen LogP contribution in [0.15, 0.2) is 51.8 Å². The van der Waals surface area contributed by atoms with Gasteiger partial charge in [-0.05, 0) is 55.2 Å². The highest BCUT2D eigenvalue weighted by molar-refractivity contribution is 5.74. The van der Waals surface area contributed by atoms with Crippen LogP contribution in [0.5, 0.6) is 0 Å². The molecular formula is C20H24N2. The number of hydrogen-bond acceptors (Lipinski definition) is 2. The summed E-state index contributed by atoms with van der Waals surface area (Å²) < 4.78 is 0.